The Bertz CT molecular complexity index is 558. The molecule has 5 nitrogen and oxygen atoms in total. The summed E-state index contributed by atoms with van der Waals surface area (Å²) in [4.78, 5) is 19.0. The third kappa shape index (κ3) is 7.06. The summed E-state index contributed by atoms with van der Waals surface area (Å²) in [6.07, 6.45) is 6.09. The lowest BCUT2D eigenvalue weighted by atomic mass is 10.0. The molecular formula is C21H34N4O. The van der Waals surface area contributed by atoms with Crippen molar-refractivity contribution in [2.24, 2.45) is 4.99 Å². The SMILES string of the molecule is CCNC(=NCCCc1ccccc1)NCCC(=O)N1CCCCC1C. The average Bonchev–Trinajstić information content (AvgIpc) is 2.66. The van der Waals surface area contributed by atoms with Crippen LogP contribution in [0.4, 0.5) is 0 Å². The number of likely N-dealkylation sites (tertiary alicyclic amines) is 1. The van der Waals surface area contributed by atoms with Crippen LogP contribution >= 0.6 is 0 Å². The number of rotatable bonds is 8. The molecule has 1 fully saturated rings. The number of nitrogens with one attached hydrogen (secondary N) is 2. The van der Waals surface area contributed by atoms with Crippen molar-refractivity contribution in [2.75, 3.05) is 26.2 Å². The zero-order valence-electron chi connectivity index (χ0n) is 16.3. The predicted molar refractivity (Wildman–Crippen MR) is 108 cm³/mol. The Morgan fingerprint density at radius 3 is 2.77 bits per heavy atom. The second-order valence-corrected chi connectivity index (χ2v) is 6.96. The lowest BCUT2D eigenvalue weighted by molar-refractivity contribution is -0.134. The van der Waals surface area contributed by atoms with E-state index in [9.17, 15) is 4.79 Å². The summed E-state index contributed by atoms with van der Waals surface area (Å²) in [6.45, 7) is 7.35. The number of benzene rings is 1. The number of carbonyl (C=O) groups excluding carboxylic acids is 1. The van der Waals surface area contributed by atoms with Gasteiger partial charge in [0, 0.05) is 38.6 Å². The van der Waals surface area contributed by atoms with Gasteiger partial charge in [0.15, 0.2) is 5.96 Å². The number of amides is 1. The van der Waals surface area contributed by atoms with Crippen LogP contribution in [0.5, 0.6) is 0 Å². The Kier molecular flexibility index (Phi) is 9.01. The third-order valence-corrected chi connectivity index (χ3v) is 4.84. The fourth-order valence-corrected chi connectivity index (χ4v) is 3.36. The summed E-state index contributed by atoms with van der Waals surface area (Å²) in [5.41, 5.74) is 1.35. The van der Waals surface area contributed by atoms with Gasteiger partial charge in [0.1, 0.15) is 0 Å². The first-order valence-corrected chi connectivity index (χ1v) is 10.1. The van der Waals surface area contributed by atoms with Crippen molar-refractivity contribution in [3.05, 3.63) is 35.9 Å². The summed E-state index contributed by atoms with van der Waals surface area (Å²) in [6, 6.07) is 10.9. The quantitative estimate of drug-likeness (QED) is 0.427. The van der Waals surface area contributed by atoms with Crippen LogP contribution in [0.1, 0.15) is 51.5 Å². The topological polar surface area (TPSA) is 56.7 Å². The lowest BCUT2D eigenvalue weighted by Gasteiger charge is -2.33. The first kappa shape index (κ1) is 20.3. The van der Waals surface area contributed by atoms with E-state index in [4.69, 9.17) is 0 Å². The van der Waals surface area contributed by atoms with E-state index < -0.39 is 0 Å². The maximum atomic E-state index is 12.4. The molecule has 0 aliphatic carbocycles. The van der Waals surface area contributed by atoms with E-state index in [1.165, 1.54) is 12.0 Å². The molecule has 1 aliphatic rings. The Morgan fingerprint density at radius 1 is 1.23 bits per heavy atom. The number of aryl methyl sites for hydroxylation is 1. The maximum Gasteiger partial charge on any atom is 0.224 e. The fraction of sp³-hybridized carbons (Fsp3) is 0.619. The van der Waals surface area contributed by atoms with Gasteiger partial charge >= 0.3 is 0 Å². The van der Waals surface area contributed by atoms with Crippen molar-refractivity contribution in [1.82, 2.24) is 15.5 Å². The number of hydrogen-bond acceptors (Lipinski definition) is 2. The molecule has 1 aromatic rings. The molecule has 1 saturated heterocycles. The van der Waals surface area contributed by atoms with E-state index >= 15 is 0 Å². The summed E-state index contributed by atoms with van der Waals surface area (Å²) in [5, 5.41) is 6.55. The minimum atomic E-state index is 0.254. The molecule has 0 radical (unpaired) electrons. The standard InChI is InChI=1S/C21H34N4O/c1-3-22-21(23-15-9-13-19-11-5-4-6-12-19)24-16-14-20(26)25-17-8-7-10-18(25)2/h4-6,11-12,18H,3,7-10,13-17H2,1-2H3,(H2,22,23,24). The zero-order valence-corrected chi connectivity index (χ0v) is 16.3. The highest BCUT2D eigenvalue weighted by atomic mass is 16.2. The Hall–Kier alpha value is -2.04. The minimum Gasteiger partial charge on any atom is -0.357 e. The van der Waals surface area contributed by atoms with Crippen molar-refractivity contribution in [3.63, 3.8) is 0 Å². The Balaban J connectivity index is 1.70. The molecule has 1 amide bonds. The van der Waals surface area contributed by atoms with E-state index in [2.05, 4.69) is 53.7 Å². The molecule has 1 heterocycles. The zero-order chi connectivity index (χ0) is 18.6. The second kappa shape index (κ2) is 11.6. The first-order chi connectivity index (χ1) is 12.7. The molecular weight excluding hydrogens is 324 g/mol. The molecule has 1 aliphatic heterocycles. The van der Waals surface area contributed by atoms with Crippen molar-refractivity contribution in [2.45, 2.75) is 58.4 Å². The molecule has 144 valence electrons. The largest absolute Gasteiger partial charge is 0.357 e. The van der Waals surface area contributed by atoms with E-state index in [0.29, 0.717) is 19.0 Å². The molecule has 0 saturated carbocycles. The number of piperidine rings is 1. The van der Waals surface area contributed by atoms with Gasteiger partial charge in [-0.3, -0.25) is 9.79 Å². The maximum absolute atomic E-state index is 12.4. The Labute approximate surface area is 158 Å². The van der Waals surface area contributed by atoms with Gasteiger partial charge in [0.25, 0.3) is 0 Å². The highest BCUT2D eigenvalue weighted by Crippen LogP contribution is 2.16. The van der Waals surface area contributed by atoms with Gasteiger partial charge in [0.2, 0.25) is 5.91 Å². The van der Waals surface area contributed by atoms with Crippen molar-refractivity contribution in [1.29, 1.82) is 0 Å². The fourth-order valence-electron chi connectivity index (χ4n) is 3.36. The van der Waals surface area contributed by atoms with Gasteiger partial charge in [-0.2, -0.15) is 0 Å². The molecule has 0 aromatic heterocycles. The van der Waals surface area contributed by atoms with Crippen molar-refractivity contribution >= 4 is 11.9 Å². The van der Waals surface area contributed by atoms with Crippen LogP contribution in [0.25, 0.3) is 0 Å². The van der Waals surface area contributed by atoms with Gasteiger partial charge < -0.3 is 15.5 Å². The molecule has 0 bridgehead atoms. The van der Waals surface area contributed by atoms with Crippen LogP contribution in [0, 0.1) is 0 Å². The molecule has 2 N–H and O–H groups in total. The average molecular weight is 359 g/mol. The van der Waals surface area contributed by atoms with E-state index in [0.717, 1.165) is 51.3 Å². The third-order valence-electron chi connectivity index (χ3n) is 4.84. The van der Waals surface area contributed by atoms with Gasteiger partial charge in [-0.05, 0) is 51.5 Å². The molecule has 26 heavy (non-hydrogen) atoms. The van der Waals surface area contributed by atoms with E-state index in [1.54, 1.807) is 0 Å². The highest BCUT2D eigenvalue weighted by molar-refractivity contribution is 5.81. The monoisotopic (exact) mass is 358 g/mol. The van der Waals surface area contributed by atoms with Crippen LogP contribution in [-0.2, 0) is 11.2 Å². The smallest absolute Gasteiger partial charge is 0.224 e. The number of hydrogen-bond donors (Lipinski definition) is 2. The van der Waals surface area contributed by atoms with Gasteiger partial charge in [0.05, 0.1) is 0 Å². The molecule has 5 heteroatoms. The highest BCUT2D eigenvalue weighted by Gasteiger charge is 2.22. The number of nitrogens with zero attached hydrogens (tertiary/aromatic N) is 2. The molecule has 0 spiro atoms. The summed E-state index contributed by atoms with van der Waals surface area (Å²) < 4.78 is 0. The van der Waals surface area contributed by atoms with Gasteiger partial charge in [-0.1, -0.05) is 30.3 Å². The summed E-state index contributed by atoms with van der Waals surface area (Å²) >= 11 is 0. The number of guanidine groups is 1. The number of carbonyl (C=O) groups is 1. The van der Waals surface area contributed by atoms with E-state index in [1.807, 2.05) is 11.0 Å². The predicted octanol–water partition coefficient (Wildman–Crippen LogP) is 2.97. The minimum absolute atomic E-state index is 0.254. The van der Waals surface area contributed by atoms with Crippen LogP contribution in [0.15, 0.2) is 35.3 Å². The van der Waals surface area contributed by atoms with Gasteiger partial charge in [-0.15, -0.1) is 0 Å². The molecule has 2 rings (SSSR count). The second-order valence-electron chi connectivity index (χ2n) is 6.96. The van der Waals surface area contributed by atoms with Crippen molar-refractivity contribution < 1.29 is 4.79 Å². The molecule has 1 unspecified atom stereocenters. The lowest BCUT2D eigenvalue weighted by Crippen LogP contribution is -2.44. The summed E-state index contributed by atoms with van der Waals surface area (Å²) in [7, 11) is 0. The van der Waals surface area contributed by atoms with Gasteiger partial charge in [-0.25, -0.2) is 0 Å². The summed E-state index contributed by atoms with van der Waals surface area (Å²) in [5.74, 6) is 1.06. The Morgan fingerprint density at radius 2 is 2.04 bits per heavy atom. The first-order valence-electron chi connectivity index (χ1n) is 10.1. The van der Waals surface area contributed by atoms with Crippen LogP contribution in [-0.4, -0.2) is 49.0 Å². The van der Waals surface area contributed by atoms with Crippen molar-refractivity contribution in [3.8, 4) is 0 Å². The van der Waals surface area contributed by atoms with E-state index in [-0.39, 0.29) is 5.91 Å². The number of aliphatic imine (C=N–C) groups is 1. The van der Waals surface area contributed by atoms with Crippen LogP contribution in [0.2, 0.25) is 0 Å². The van der Waals surface area contributed by atoms with Crippen LogP contribution < -0.4 is 10.6 Å². The normalized spacial score (nSPS) is 17.8. The van der Waals surface area contributed by atoms with Crippen LogP contribution in [0.3, 0.4) is 0 Å². The molecule has 1 aromatic carbocycles. The molecule has 1 atom stereocenters.